The predicted molar refractivity (Wildman–Crippen MR) is 82.6 cm³/mol. The van der Waals surface area contributed by atoms with Gasteiger partial charge in [-0.15, -0.1) is 0 Å². The zero-order valence-corrected chi connectivity index (χ0v) is 13.4. The largest absolute Gasteiger partial charge is 0.305 e. The predicted octanol–water partition coefficient (Wildman–Crippen LogP) is 1.83. The molecule has 0 bridgehead atoms. The van der Waals surface area contributed by atoms with Crippen molar-refractivity contribution >= 4 is 0 Å². The van der Waals surface area contributed by atoms with E-state index in [1.807, 2.05) is 0 Å². The van der Waals surface area contributed by atoms with Crippen molar-refractivity contribution in [2.24, 2.45) is 0 Å². The lowest BCUT2D eigenvalue weighted by Crippen LogP contribution is -2.47. The molecule has 3 unspecified atom stereocenters. The van der Waals surface area contributed by atoms with Gasteiger partial charge in [-0.25, -0.2) is 0 Å². The van der Waals surface area contributed by atoms with Gasteiger partial charge in [0.25, 0.3) is 0 Å². The molecule has 1 saturated carbocycles. The number of likely N-dealkylation sites (N-methyl/N-ethyl adjacent to an activating group) is 1. The summed E-state index contributed by atoms with van der Waals surface area (Å²) in [5, 5.41) is 13.1. The molecule has 0 aromatic rings. The maximum Gasteiger partial charge on any atom is 0.108 e. The standard InChI is InChI=1S/C16H30N4/c1-4-8-18-16(13-17)7-6-15(11-16)20-10-5-9-19(3)12-14(20)2/h14-15,18H,4-12H2,1-3H3. The zero-order chi connectivity index (χ0) is 14.6. The second-order valence-corrected chi connectivity index (χ2v) is 6.72. The first kappa shape index (κ1) is 15.8. The van der Waals surface area contributed by atoms with Crippen LogP contribution in [-0.2, 0) is 0 Å². The zero-order valence-electron chi connectivity index (χ0n) is 13.4. The van der Waals surface area contributed by atoms with E-state index >= 15 is 0 Å². The Morgan fingerprint density at radius 2 is 2.20 bits per heavy atom. The van der Waals surface area contributed by atoms with Crippen LogP contribution in [0.25, 0.3) is 0 Å². The minimum Gasteiger partial charge on any atom is -0.305 e. The molecule has 2 rings (SSSR count). The molecule has 0 aromatic carbocycles. The number of rotatable bonds is 4. The number of nitrogens with one attached hydrogen (secondary N) is 1. The van der Waals surface area contributed by atoms with Gasteiger partial charge in [-0.2, -0.15) is 5.26 Å². The Hall–Kier alpha value is -0.630. The van der Waals surface area contributed by atoms with Crippen LogP contribution in [0.2, 0.25) is 0 Å². The van der Waals surface area contributed by atoms with Gasteiger partial charge < -0.3 is 4.90 Å². The minimum atomic E-state index is -0.265. The lowest BCUT2D eigenvalue weighted by molar-refractivity contribution is 0.140. The molecule has 1 aliphatic heterocycles. The Morgan fingerprint density at radius 1 is 1.40 bits per heavy atom. The van der Waals surface area contributed by atoms with Crippen LogP contribution in [0.3, 0.4) is 0 Å². The first-order valence-electron chi connectivity index (χ1n) is 8.21. The van der Waals surface area contributed by atoms with Crippen molar-refractivity contribution in [3.8, 4) is 6.07 Å². The summed E-state index contributed by atoms with van der Waals surface area (Å²) >= 11 is 0. The fourth-order valence-corrected chi connectivity index (χ4v) is 3.90. The Labute approximate surface area is 124 Å². The Kier molecular flexibility index (Phi) is 5.42. The van der Waals surface area contributed by atoms with Crippen molar-refractivity contribution in [1.82, 2.24) is 15.1 Å². The van der Waals surface area contributed by atoms with Gasteiger partial charge in [0.1, 0.15) is 5.54 Å². The van der Waals surface area contributed by atoms with Crippen molar-refractivity contribution in [3.05, 3.63) is 0 Å². The van der Waals surface area contributed by atoms with E-state index in [4.69, 9.17) is 0 Å². The molecule has 2 fully saturated rings. The fraction of sp³-hybridized carbons (Fsp3) is 0.938. The Bertz CT molecular complexity index is 351. The fourth-order valence-electron chi connectivity index (χ4n) is 3.90. The SMILES string of the molecule is CCCNC1(C#N)CCC(N2CCCN(C)CC2C)C1. The smallest absolute Gasteiger partial charge is 0.108 e. The summed E-state index contributed by atoms with van der Waals surface area (Å²) in [6.45, 7) is 9.00. The van der Waals surface area contributed by atoms with Gasteiger partial charge in [0.2, 0.25) is 0 Å². The molecule has 0 aromatic heterocycles. The summed E-state index contributed by atoms with van der Waals surface area (Å²) in [6.07, 6.45) is 5.52. The summed E-state index contributed by atoms with van der Waals surface area (Å²) in [6, 6.07) is 3.76. The quantitative estimate of drug-likeness (QED) is 0.852. The van der Waals surface area contributed by atoms with Gasteiger partial charge in [0.15, 0.2) is 0 Å². The van der Waals surface area contributed by atoms with E-state index in [2.05, 4.69) is 42.1 Å². The van der Waals surface area contributed by atoms with Crippen molar-refractivity contribution < 1.29 is 0 Å². The molecular formula is C16H30N4. The highest BCUT2D eigenvalue weighted by Gasteiger charge is 2.42. The van der Waals surface area contributed by atoms with Crippen molar-refractivity contribution in [2.45, 2.75) is 63.6 Å². The van der Waals surface area contributed by atoms with E-state index in [1.165, 1.54) is 25.9 Å². The molecule has 0 radical (unpaired) electrons. The number of hydrogen-bond donors (Lipinski definition) is 1. The molecule has 1 N–H and O–H groups in total. The van der Waals surface area contributed by atoms with Crippen LogP contribution in [-0.4, -0.2) is 60.6 Å². The van der Waals surface area contributed by atoms with Crippen LogP contribution in [0, 0.1) is 11.3 Å². The van der Waals surface area contributed by atoms with E-state index in [-0.39, 0.29) is 5.54 Å². The van der Waals surface area contributed by atoms with Crippen LogP contribution in [0.4, 0.5) is 0 Å². The van der Waals surface area contributed by atoms with Gasteiger partial charge in [0.05, 0.1) is 6.07 Å². The third kappa shape index (κ3) is 3.52. The molecule has 4 nitrogen and oxygen atoms in total. The van der Waals surface area contributed by atoms with Crippen molar-refractivity contribution in [2.75, 3.05) is 33.2 Å². The summed E-state index contributed by atoms with van der Waals surface area (Å²) in [5.74, 6) is 0. The van der Waals surface area contributed by atoms with Crippen LogP contribution < -0.4 is 5.32 Å². The molecule has 114 valence electrons. The van der Waals surface area contributed by atoms with Gasteiger partial charge in [-0.3, -0.25) is 10.2 Å². The lowest BCUT2D eigenvalue weighted by Gasteiger charge is -2.34. The van der Waals surface area contributed by atoms with Crippen molar-refractivity contribution in [1.29, 1.82) is 5.26 Å². The molecule has 1 saturated heterocycles. The number of hydrogen-bond acceptors (Lipinski definition) is 4. The molecule has 1 aliphatic carbocycles. The average Bonchev–Trinajstić information content (AvgIpc) is 2.78. The Balaban J connectivity index is 1.98. The van der Waals surface area contributed by atoms with Crippen LogP contribution in [0.15, 0.2) is 0 Å². The molecule has 4 heteroatoms. The average molecular weight is 278 g/mol. The molecule has 2 aliphatic rings. The second-order valence-electron chi connectivity index (χ2n) is 6.72. The topological polar surface area (TPSA) is 42.3 Å². The first-order valence-corrected chi connectivity index (χ1v) is 8.21. The van der Waals surface area contributed by atoms with E-state index in [9.17, 15) is 5.26 Å². The van der Waals surface area contributed by atoms with E-state index in [0.717, 1.165) is 32.4 Å². The molecule has 1 heterocycles. The second kappa shape index (κ2) is 6.89. The highest BCUT2D eigenvalue weighted by atomic mass is 15.3. The monoisotopic (exact) mass is 278 g/mol. The maximum absolute atomic E-state index is 9.58. The Morgan fingerprint density at radius 3 is 2.90 bits per heavy atom. The summed E-state index contributed by atoms with van der Waals surface area (Å²) < 4.78 is 0. The van der Waals surface area contributed by atoms with Gasteiger partial charge in [-0.05, 0) is 65.7 Å². The van der Waals surface area contributed by atoms with E-state index < -0.39 is 0 Å². The summed E-state index contributed by atoms with van der Waals surface area (Å²) in [4.78, 5) is 5.10. The third-order valence-electron chi connectivity index (χ3n) is 4.98. The summed E-state index contributed by atoms with van der Waals surface area (Å²) in [5.41, 5.74) is -0.265. The number of nitriles is 1. The maximum atomic E-state index is 9.58. The van der Waals surface area contributed by atoms with Gasteiger partial charge in [0, 0.05) is 18.6 Å². The van der Waals surface area contributed by atoms with Gasteiger partial charge >= 0.3 is 0 Å². The molecule has 0 amide bonds. The number of nitrogens with zero attached hydrogens (tertiary/aromatic N) is 3. The molecular weight excluding hydrogens is 248 g/mol. The van der Waals surface area contributed by atoms with Gasteiger partial charge in [-0.1, -0.05) is 6.92 Å². The highest BCUT2D eigenvalue weighted by Crippen LogP contribution is 2.34. The molecule has 0 spiro atoms. The summed E-state index contributed by atoms with van der Waals surface area (Å²) in [7, 11) is 2.22. The lowest BCUT2D eigenvalue weighted by atomic mass is 9.98. The van der Waals surface area contributed by atoms with Crippen LogP contribution in [0.1, 0.15) is 46.0 Å². The highest BCUT2D eigenvalue weighted by molar-refractivity contribution is 5.13. The first-order chi connectivity index (χ1) is 9.60. The van der Waals surface area contributed by atoms with Crippen LogP contribution >= 0.6 is 0 Å². The third-order valence-corrected chi connectivity index (χ3v) is 4.98. The van der Waals surface area contributed by atoms with E-state index in [1.54, 1.807) is 0 Å². The van der Waals surface area contributed by atoms with Crippen molar-refractivity contribution in [3.63, 3.8) is 0 Å². The molecule has 20 heavy (non-hydrogen) atoms. The minimum absolute atomic E-state index is 0.265. The van der Waals surface area contributed by atoms with E-state index in [0.29, 0.717) is 12.1 Å². The molecule has 3 atom stereocenters. The normalized spacial score (nSPS) is 36.7. The van der Waals surface area contributed by atoms with Crippen LogP contribution in [0.5, 0.6) is 0 Å².